The van der Waals surface area contributed by atoms with E-state index in [1.54, 1.807) is 5.06 Å². The van der Waals surface area contributed by atoms with Gasteiger partial charge in [0.1, 0.15) is 12.1 Å². The van der Waals surface area contributed by atoms with Gasteiger partial charge < -0.3 is 9.16 Å². The normalized spacial score (nSPS) is 29.6. The molecule has 2 fully saturated rings. The van der Waals surface area contributed by atoms with Crippen LogP contribution in [0.5, 0.6) is 0 Å². The number of ether oxygens (including phenoxy) is 1. The summed E-state index contributed by atoms with van der Waals surface area (Å²) in [5.74, 6) is -0.0183. The van der Waals surface area contributed by atoms with E-state index in [-0.39, 0.29) is 17.8 Å². The zero-order chi connectivity index (χ0) is 18.2. The average Bonchev–Trinajstić information content (AvgIpc) is 2.51. The number of fused-ring (bicyclic) bond motifs is 2. The first-order valence-corrected chi connectivity index (χ1v) is 12.4. The van der Waals surface area contributed by atoms with Gasteiger partial charge in [-0.15, -0.1) is 0 Å². The fourth-order valence-corrected chi connectivity index (χ4v) is 4.16. The Bertz CT molecular complexity index is 614. The van der Waals surface area contributed by atoms with Crippen LogP contribution in [0.1, 0.15) is 19.4 Å². The van der Waals surface area contributed by atoms with Gasteiger partial charge in [0.25, 0.3) is 0 Å². The molecule has 2 bridgehead atoms. The Labute approximate surface area is 151 Å². The molecule has 0 saturated carbocycles. The topological polar surface area (TPSA) is 48.0 Å². The van der Waals surface area contributed by atoms with Crippen LogP contribution >= 0.6 is 0 Å². The number of ketones is 1. The number of hydrogen-bond acceptors (Lipinski definition) is 5. The molecule has 2 aliphatic rings. The standard InChI is InChI=1S/C19H29NO4Si/c1-19(2)15-12-22-20(11-14-9-7-6-8-10-14)17(18(15)21)16(24-19)13-23-25(3,4)5/h6-10,15-17H,11-13H2,1-5H3/t15-,16+,17-/m0/s1. The Morgan fingerprint density at radius 2 is 1.92 bits per heavy atom. The molecule has 5 nitrogen and oxygen atoms in total. The summed E-state index contributed by atoms with van der Waals surface area (Å²) in [5, 5.41) is 1.79. The van der Waals surface area contributed by atoms with E-state index in [0.717, 1.165) is 5.56 Å². The van der Waals surface area contributed by atoms with Gasteiger partial charge in [-0.25, -0.2) is 0 Å². The number of rotatable bonds is 5. The highest BCUT2D eigenvalue weighted by Gasteiger charge is 2.54. The Kier molecular flexibility index (Phi) is 5.19. The van der Waals surface area contributed by atoms with E-state index in [2.05, 4.69) is 19.6 Å². The SMILES string of the molecule is CC1(C)O[C@H](CO[Si](C)(C)C)[C@H]2C(=O)[C@@H]1CON2Cc1ccccc1. The van der Waals surface area contributed by atoms with Crippen molar-refractivity contribution < 1.29 is 18.8 Å². The van der Waals surface area contributed by atoms with Gasteiger partial charge in [0, 0.05) is 0 Å². The molecule has 0 unspecified atom stereocenters. The molecule has 0 spiro atoms. The molecule has 138 valence electrons. The summed E-state index contributed by atoms with van der Waals surface area (Å²) in [5.41, 5.74) is 0.586. The van der Waals surface area contributed by atoms with Gasteiger partial charge in [-0.1, -0.05) is 30.3 Å². The lowest BCUT2D eigenvalue weighted by molar-refractivity contribution is -0.296. The second-order valence-corrected chi connectivity index (χ2v) is 13.0. The van der Waals surface area contributed by atoms with Crippen LogP contribution in [0.15, 0.2) is 30.3 Å². The minimum atomic E-state index is -1.70. The highest BCUT2D eigenvalue weighted by atomic mass is 28.4. The first-order chi connectivity index (χ1) is 11.7. The third-order valence-electron chi connectivity index (χ3n) is 4.86. The van der Waals surface area contributed by atoms with Crippen molar-refractivity contribution in [2.75, 3.05) is 13.2 Å². The Morgan fingerprint density at radius 3 is 2.56 bits per heavy atom. The van der Waals surface area contributed by atoms with Crippen LogP contribution in [0.2, 0.25) is 19.6 Å². The van der Waals surface area contributed by atoms with Crippen molar-refractivity contribution >= 4 is 14.1 Å². The molecule has 3 atom stereocenters. The van der Waals surface area contributed by atoms with Crippen molar-refractivity contribution in [3.8, 4) is 0 Å². The minimum Gasteiger partial charge on any atom is -0.415 e. The van der Waals surface area contributed by atoms with Gasteiger partial charge in [-0.3, -0.25) is 9.63 Å². The van der Waals surface area contributed by atoms with E-state index >= 15 is 0 Å². The molecule has 2 heterocycles. The Morgan fingerprint density at radius 1 is 1.24 bits per heavy atom. The number of benzene rings is 1. The molecule has 0 N–H and O–H groups in total. The van der Waals surface area contributed by atoms with Crippen LogP contribution in [0.3, 0.4) is 0 Å². The zero-order valence-electron chi connectivity index (χ0n) is 15.8. The van der Waals surface area contributed by atoms with Crippen LogP contribution in [-0.2, 0) is 25.3 Å². The summed E-state index contributed by atoms with van der Waals surface area (Å²) in [7, 11) is -1.70. The monoisotopic (exact) mass is 363 g/mol. The summed E-state index contributed by atoms with van der Waals surface area (Å²) in [6.45, 7) is 11.7. The number of Topliss-reactive ketones (excluding diaryl/α,β-unsaturated/α-hetero) is 1. The van der Waals surface area contributed by atoms with E-state index in [4.69, 9.17) is 14.0 Å². The summed E-state index contributed by atoms with van der Waals surface area (Å²) < 4.78 is 12.4. The maximum absolute atomic E-state index is 13.1. The number of hydroxylamine groups is 2. The zero-order valence-corrected chi connectivity index (χ0v) is 16.8. The molecule has 2 aliphatic heterocycles. The van der Waals surface area contributed by atoms with E-state index < -0.39 is 20.0 Å². The van der Waals surface area contributed by atoms with Crippen LogP contribution in [0.4, 0.5) is 0 Å². The highest BCUT2D eigenvalue weighted by molar-refractivity contribution is 6.69. The first kappa shape index (κ1) is 18.7. The predicted molar refractivity (Wildman–Crippen MR) is 98.5 cm³/mol. The lowest BCUT2D eigenvalue weighted by Gasteiger charge is -2.51. The van der Waals surface area contributed by atoms with Crippen LogP contribution < -0.4 is 0 Å². The molecule has 2 saturated heterocycles. The molecule has 6 heteroatoms. The van der Waals surface area contributed by atoms with Crippen molar-refractivity contribution in [2.24, 2.45) is 5.92 Å². The third-order valence-corrected chi connectivity index (χ3v) is 5.89. The van der Waals surface area contributed by atoms with Crippen LogP contribution in [-0.4, -0.2) is 50.1 Å². The largest absolute Gasteiger partial charge is 0.415 e. The molecule has 0 aromatic heterocycles. The molecular weight excluding hydrogens is 334 g/mol. The molecule has 1 aromatic carbocycles. The Balaban J connectivity index is 1.81. The van der Waals surface area contributed by atoms with Gasteiger partial charge >= 0.3 is 0 Å². The fraction of sp³-hybridized carbons (Fsp3) is 0.632. The van der Waals surface area contributed by atoms with Crippen molar-refractivity contribution in [1.82, 2.24) is 5.06 Å². The molecule has 3 rings (SSSR count). The highest BCUT2D eigenvalue weighted by Crippen LogP contribution is 2.38. The molecule has 0 amide bonds. The van der Waals surface area contributed by atoms with Crippen molar-refractivity contribution in [3.05, 3.63) is 35.9 Å². The molecular formula is C19H29NO4Si. The number of hydrogen-bond donors (Lipinski definition) is 0. The molecule has 0 aliphatic carbocycles. The molecule has 1 aromatic rings. The second-order valence-electron chi connectivity index (χ2n) is 8.44. The smallest absolute Gasteiger partial charge is 0.183 e. The van der Waals surface area contributed by atoms with Gasteiger partial charge in [0.15, 0.2) is 14.1 Å². The van der Waals surface area contributed by atoms with Gasteiger partial charge in [-0.2, -0.15) is 5.06 Å². The van der Waals surface area contributed by atoms with E-state index in [9.17, 15) is 4.79 Å². The average molecular weight is 364 g/mol. The lowest BCUT2D eigenvalue weighted by atomic mass is 9.79. The summed E-state index contributed by atoms with van der Waals surface area (Å²) >= 11 is 0. The van der Waals surface area contributed by atoms with Crippen LogP contribution in [0, 0.1) is 5.92 Å². The fourth-order valence-electron chi connectivity index (χ4n) is 3.49. The maximum atomic E-state index is 13.1. The maximum Gasteiger partial charge on any atom is 0.183 e. The van der Waals surface area contributed by atoms with Gasteiger partial charge in [-0.05, 0) is 39.1 Å². The van der Waals surface area contributed by atoms with E-state index in [0.29, 0.717) is 19.8 Å². The third kappa shape index (κ3) is 4.20. The second kappa shape index (κ2) is 6.93. The van der Waals surface area contributed by atoms with Gasteiger partial charge in [0.2, 0.25) is 0 Å². The lowest BCUT2D eigenvalue weighted by Crippen LogP contribution is -2.67. The first-order valence-electron chi connectivity index (χ1n) is 8.96. The minimum absolute atomic E-state index is 0.211. The van der Waals surface area contributed by atoms with Crippen molar-refractivity contribution in [3.63, 3.8) is 0 Å². The number of carbonyl (C=O) groups excluding carboxylic acids is 1. The molecule has 25 heavy (non-hydrogen) atoms. The predicted octanol–water partition coefficient (Wildman–Crippen LogP) is 3.02. The van der Waals surface area contributed by atoms with E-state index in [1.807, 2.05) is 44.2 Å². The van der Waals surface area contributed by atoms with Crippen molar-refractivity contribution in [2.45, 2.75) is 57.8 Å². The van der Waals surface area contributed by atoms with E-state index in [1.165, 1.54) is 0 Å². The summed E-state index contributed by atoms with van der Waals surface area (Å²) in [4.78, 5) is 19.1. The number of nitrogens with zero attached hydrogens (tertiary/aromatic N) is 1. The summed E-state index contributed by atoms with van der Waals surface area (Å²) in [6, 6.07) is 9.65. The van der Waals surface area contributed by atoms with Crippen molar-refractivity contribution in [1.29, 1.82) is 0 Å². The van der Waals surface area contributed by atoms with Gasteiger partial charge in [0.05, 0.1) is 31.3 Å². The molecule has 0 radical (unpaired) electrons. The van der Waals surface area contributed by atoms with Crippen LogP contribution in [0.25, 0.3) is 0 Å². The summed E-state index contributed by atoms with van der Waals surface area (Å²) in [6.07, 6.45) is -0.311. The Hall–Kier alpha value is -1.05. The quantitative estimate of drug-likeness (QED) is 0.753. The number of carbonyl (C=O) groups is 1.